The lowest BCUT2D eigenvalue weighted by atomic mass is 10.0. The molecule has 0 bridgehead atoms. The van der Waals surface area contributed by atoms with Gasteiger partial charge in [0.25, 0.3) is 6.43 Å². The number of alkyl halides is 2. The number of Topliss-reactive ketones (excluding diaryl/α,β-unsaturated/α-hetero) is 1. The van der Waals surface area contributed by atoms with Crippen LogP contribution in [0.5, 0.6) is 5.75 Å². The van der Waals surface area contributed by atoms with Crippen molar-refractivity contribution in [1.29, 1.82) is 0 Å². The fourth-order valence-electron chi connectivity index (χ4n) is 1.48. The van der Waals surface area contributed by atoms with Crippen LogP contribution >= 0.6 is 0 Å². The number of ketones is 1. The fourth-order valence-corrected chi connectivity index (χ4v) is 1.48. The van der Waals surface area contributed by atoms with Crippen molar-refractivity contribution < 1.29 is 23.2 Å². The van der Waals surface area contributed by atoms with Crippen molar-refractivity contribution in [2.75, 3.05) is 6.61 Å². The van der Waals surface area contributed by atoms with Crippen LogP contribution in [0, 0.1) is 10.1 Å². The highest BCUT2D eigenvalue weighted by Crippen LogP contribution is 2.35. The Labute approximate surface area is 102 Å². The first-order chi connectivity index (χ1) is 8.38. The summed E-state index contributed by atoms with van der Waals surface area (Å²) in [7, 11) is 0. The highest BCUT2D eigenvalue weighted by Gasteiger charge is 2.25. The van der Waals surface area contributed by atoms with Gasteiger partial charge in [-0.05, 0) is 19.9 Å². The molecular weight excluding hydrogens is 248 g/mol. The summed E-state index contributed by atoms with van der Waals surface area (Å²) >= 11 is 0. The van der Waals surface area contributed by atoms with Crippen LogP contribution in [0.1, 0.15) is 36.2 Å². The first-order valence-corrected chi connectivity index (χ1v) is 5.12. The van der Waals surface area contributed by atoms with Gasteiger partial charge in [-0.2, -0.15) is 0 Å². The van der Waals surface area contributed by atoms with Gasteiger partial charge in [0.05, 0.1) is 11.5 Å². The molecule has 1 aromatic rings. The second-order valence-electron chi connectivity index (χ2n) is 3.45. The molecule has 1 aromatic carbocycles. The van der Waals surface area contributed by atoms with Crippen LogP contribution < -0.4 is 4.74 Å². The molecule has 0 radical (unpaired) electrons. The average Bonchev–Trinajstić information content (AvgIpc) is 2.28. The molecule has 0 atom stereocenters. The molecule has 0 saturated heterocycles. The molecule has 0 saturated carbocycles. The van der Waals surface area contributed by atoms with Gasteiger partial charge >= 0.3 is 5.69 Å². The van der Waals surface area contributed by atoms with Gasteiger partial charge < -0.3 is 4.74 Å². The molecule has 0 spiro atoms. The number of hydrogen-bond donors (Lipinski definition) is 0. The Bertz CT molecular complexity index is 488. The molecule has 0 aliphatic carbocycles. The summed E-state index contributed by atoms with van der Waals surface area (Å²) in [5.74, 6) is -0.779. The van der Waals surface area contributed by atoms with E-state index in [0.717, 1.165) is 13.0 Å². The van der Waals surface area contributed by atoms with Crippen LogP contribution in [0.2, 0.25) is 0 Å². The van der Waals surface area contributed by atoms with E-state index in [2.05, 4.69) is 0 Å². The van der Waals surface area contributed by atoms with E-state index < -0.39 is 28.4 Å². The summed E-state index contributed by atoms with van der Waals surface area (Å²) in [6.07, 6.45) is -2.96. The second-order valence-corrected chi connectivity index (χ2v) is 3.45. The van der Waals surface area contributed by atoms with Gasteiger partial charge in [-0.15, -0.1) is 0 Å². The smallest absolute Gasteiger partial charge is 0.311 e. The normalized spacial score (nSPS) is 10.5. The Kier molecular flexibility index (Phi) is 4.30. The number of benzene rings is 1. The van der Waals surface area contributed by atoms with E-state index in [4.69, 9.17) is 4.74 Å². The van der Waals surface area contributed by atoms with E-state index in [1.54, 1.807) is 6.92 Å². The van der Waals surface area contributed by atoms with Crippen molar-refractivity contribution in [3.05, 3.63) is 33.4 Å². The minimum Gasteiger partial charge on any atom is -0.487 e. The van der Waals surface area contributed by atoms with Crippen LogP contribution in [0.3, 0.4) is 0 Å². The lowest BCUT2D eigenvalue weighted by molar-refractivity contribution is -0.386. The quantitative estimate of drug-likeness (QED) is 0.462. The average molecular weight is 259 g/mol. The zero-order valence-electron chi connectivity index (χ0n) is 9.78. The van der Waals surface area contributed by atoms with Crippen LogP contribution in [0.15, 0.2) is 12.1 Å². The third-order valence-corrected chi connectivity index (χ3v) is 2.24. The van der Waals surface area contributed by atoms with E-state index in [-0.39, 0.29) is 17.9 Å². The number of nitro benzene ring substituents is 1. The SMILES string of the molecule is CCOc1cc(C(C)=O)c(C(F)F)cc1[N+](=O)[O-]. The van der Waals surface area contributed by atoms with Crippen molar-refractivity contribution in [1.82, 2.24) is 0 Å². The summed E-state index contributed by atoms with van der Waals surface area (Å²) < 4.78 is 30.5. The molecule has 0 aromatic heterocycles. The molecule has 7 heteroatoms. The monoisotopic (exact) mass is 259 g/mol. The Morgan fingerprint density at radius 3 is 2.50 bits per heavy atom. The van der Waals surface area contributed by atoms with Gasteiger partial charge in [-0.3, -0.25) is 14.9 Å². The molecule has 1 rings (SSSR count). The van der Waals surface area contributed by atoms with Crippen LogP contribution in [-0.4, -0.2) is 17.3 Å². The zero-order valence-corrected chi connectivity index (χ0v) is 9.78. The molecule has 0 N–H and O–H groups in total. The Hall–Kier alpha value is -2.05. The van der Waals surface area contributed by atoms with Crippen molar-refractivity contribution in [3.63, 3.8) is 0 Å². The minimum absolute atomic E-state index is 0.131. The van der Waals surface area contributed by atoms with Crippen molar-refractivity contribution in [2.45, 2.75) is 20.3 Å². The molecule has 0 aliphatic heterocycles. The largest absolute Gasteiger partial charge is 0.487 e. The maximum Gasteiger partial charge on any atom is 0.311 e. The van der Waals surface area contributed by atoms with E-state index in [9.17, 15) is 23.7 Å². The number of hydrogen-bond acceptors (Lipinski definition) is 4. The molecule has 5 nitrogen and oxygen atoms in total. The van der Waals surface area contributed by atoms with Crippen molar-refractivity contribution >= 4 is 11.5 Å². The van der Waals surface area contributed by atoms with Gasteiger partial charge in [-0.1, -0.05) is 0 Å². The predicted molar refractivity (Wildman–Crippen MR) is 59.2 cm³/mol. The van der Waals surface area contributed by atoms with E-state index in [1.807, 2.05) is 0 Å². The van der Waals surface area contributed by atoms with Crippen LogP contribution in [-0.2, 0) is 0 Å². The molecule has 0 heterocycles. The third kappa shape index (κ3) is 2.79. The lowest BCUT2D eigenvalue weighted by Crippen LogP contribution is -2.05. The molecular formula is C11H11F2NO4. The summed E-state index contributed by atoms with van der Waals surface area (Å²) in [6.45, 7) is 2.84. The number of carbonyl (C=O) groups is 1. The van der Waals surface area contributed by atoms with E-state index in [1.165, 1.54) is 0 Å². The third-order valence-electron chi connectivity index (χ3n) is 2.24. The zero-order chi connectivity index (χ0) is 13.9. The van der Waals surface area contributed by atoms with Gasteiger partial charge in [-0.25, -0.2) is 8.78 Å². The molecule has 0 unspecified atom stereocenters. The van der Waals surface area contributed by atoms with E-state index >= 15 is 0 Å². The van der Waals surface area contributed by atoms with Crippen LogP contribution in [0.4, 0.5) is 14.5 Å². The topological polar surface area (TPSA) is 69.4 Å². The second kappa shape index (κ2) is 5.52. The number of rotatable bonds is 5. The molecule has 0 fully saturated rings. The van der Waals surface area contributed by atoms with Crippen molar-refractivity contribution in [3.8, 4) is 5.75 Å². The number of carbonyl (C=O) groups excluding carboxylic acids is 1. The number of ether oxygens (including phenoxy) is 1. The Balaban J connectivity index is 3.49. The highest BCUT2D eigenvalue weighted by molar-refractivity contribution is 5.96. The number of halogens is 2. The first kappa shape index (κ1) is 14.0. The summed E-state index contributed by atoms with van der Waals surface area (Å²) in [5, 5.41) is 10.7. The van der Waals surface area contributed by atoms with Gasteiger partial charge in [0.2, 0.25) is 0 Å². The summed E-state index contributed by atoms with van der Waals surface area (Å²) in [4.78, 5) is 21.2. The lowest BCUT2D eigenvalue weighted by Gasteiger charge is -2.10. The Morgan fingerprint density at radius 2 is 2.11 bits per heavy atom. The van der Waals surface area contributed by atoms with Gasteiger partial charge in [0, 0.05) is 17.2 Å². The van der Waals surface area contributed by atoms with Gasteiger partial charge in [0.15, 0.2) is 11.5 Å². The molecule has 0 amide bonds. The highest BCUT2D eigenvalue weighted by atomic mass is 19.3. The first-order valence-electron chi connectivity index (χ1n) is 5.12. The number of nitro groups is 1. The maximum atomic E-state index is 12.7. The number of nitrogens with zero attached hydrogens (tertiary/aromatic N) is 1. The standard InChI is InChI=1S/C11H11F2NO4/c1-3-18-10-5-7(6(2)15)8(11(12)13)4-9(10)14(16)17/h4-5,11H,3H2,1-2H3. The Morgan fingerprint density at radius 1 is 1.50 bits per heavy atom. The summed E-state index contributed by atoms with van der Waals surface area (Å²) in [5.41, 5.74) is -1.49. The van der Waals surface area contributed by atoms with Crippen LogP contribution in [0.25, 0.3) is 0 Å². The predicted octanol–water partition coefficient (Wildman–Crippen LogP) is 3.13. The van der Waals surface area contributed by atoms with Crippen molar-refractivity contribution in [2.24, 2.45) is 0 Å². The maximum absolute atomic E-state index is 12.7. The van der Waals surface area contributed by atoms with E-state index in [0.29, 0.717) is 6.07 Å². The summed E-state index contributed by atoms with van der Waals surface area (Å²) in [6, 6.07) is 1.68. The molecule has 18 heavy (non-hydrogen) atoms. The van der Waals surface area contributed by atoms with Gasteiger partial charge in [0.1, 0.15) is 0 Å². The molecule has 0 aliphatic rings. The fraction of sp³-hybridized carbons (Fsp3) is 0.364. The minimum atomic E-state index is -2.96. The molecule has 98 valence electrons.